The summed E-state index contributed by atoms with van der Waals surface area (Å²) < 4.78 is 45.8. The van der Waals surface area contributed by atoms with Gasteiger partial charge in [-0.1, -0.05) is 13.0 Å². The molecule has 0 aliphatic carbocycles. The van der Waals surface area contributed by atoms with Crippen molar-refractivity contribution < 1.29 is 22.3 Å². The number of likely N-dealkylation sites (N-methyl/N-ethyl adjacent to an activating group) is 1. The molecule has 0 saturated heterocycles. The van der Waals surface area contributed by atoms with Crippen LogP contribution in [0.5, 0.6) is 5.75 Å². The van der Waals surface area contributed by atoms with Gasteiger partial charge in [-0.05, 0) is 62.2 Å². The molecule has 152 valence electrons. The molecule has 1 N–H and O–H groups in total. The lowest BCUT2D eigenvalue weighted by Gasteiger charge is -2.21. The lowest BCUT2D eigenvalue weighted by molar-refractivity contribution is -0.116. The summed E-state index contributed by atoms with van der Waals surface area (Å²) >= 11 is 0. The molecule has 0 aliphatic heterocycles. The molecule has 0 fully saturated rings. The van der Waals surface area contributed by atoms with Crippen molar-refractivity contribution in [1.29, 1.82) is 0 Å². The van der Waals surface area contributed by atoms with Crippen molar-refractivity contribution in [3.8, 4) is 5.75 Å². The quantitative estimate of drug-likeness (QED) is 0.726. The Hall–Kier alpha value is -2.45. The van der Waals surface area contributed by atoms with E-state index in [1.54, 1.807) is 32.9 Å². The van der Waals surface area contributed by atoms with Gasteiger partial charge >= 0.3 is 0 Å². The fourth-order valence-electron chi connectivity index (χ4n) is 2.69. The minimum atomic E-state index is -3.87. The molecule has 0 aliphatic rings. The molecule has 0 saturated carbocycles. The second-order valence-corrected chi connectivity index (χ2v) is 8.24. The number of sulfonamides is 1. The zero-order valence-corrected chi connectivity index (χ0v) is 17.3. The number of hydrogen-bond donors (Lipinski definition) is 1. The lowest BCUT2D eigenvalue weighted by Crippen LogP contribution is -2.38. The molecule has 6 nitrogen and oxygen atoms in total. The number of amides is 1. The van der Waals surface area contributed by atoms with Crippen LogP contribution in [0.2, 0.25) is 0 Å². The van der Waals surface area contributed by atoms with E-state index in [4.69, 9.17) is 4.74 Å². The Bertz CT molecular complexity index is 961. The summed E-state index contributed by atoms with van der Waals surface area (Å²) in [7, 11) is -3.87. The molecule has 8 heteroatoms. The van der Waals surface area contributed by atoms with Gasteiger partial charge in [0.2, 0.25) is 15.9 Å². The first-order chi connectivity index (χ1) is 13.2. The molecule has 2 aromatic carbocycles. The zero-order valence-electron chi connectivity index (χ0n) is 16.5. The molecule has 0 spiro atoms. The van der Waals surface area contributed by atoms with Gasteiger partial charge < -0.3 is 10.1 Å². The number of halogens is 1. The van der Waals surface area contributed by atoms with Crippen LogP contribution in [0.15, 0.2) is 41.3 Å². The number of rotatable bonds is 8. The van der Waals surface area contributed by atoms with E-state index in [2.05, 4.69) is 5.32 Å². The van der Waals surface area contributed by atoms with Crippen LogP contribution < -0.4 is 10.1 Å². The Labute approximate surface area is 165 Å². The summed E-state index contributed by atoms with van der Waals surface area (Å²) in [5.74, 6) is -0.406. The standard InChI is InChI=1S/C20H25FN2O4S/c1-5-23(13-20(24)22-18-12-16(21)8-7-14(18)3)28(25,26)17-9-10-19(27-6-2)15(4)11-17/h7-12H,5-6,13H2,1-4H3,(H,22,24). The summed E-state index contributed by atoms with van der Waals surface area (Å²) in [6, 6.07) is 8.63. The van der Waals surface area contributed by atoms with Crippen LogP contribution in [-0.4, -0.2) is 38.3 Å². The predicted octanol–water partition coefficient (Wildman–Crippen LogP) is 3.49. The summed E-state index contributed by atoms with van der Waals surface area (Å²) in [4.78, 5) is 12.5. The first kappa shape index (κ1) is 21.8. The Morgan fingerprint density at radius 2 is 1.82 bits per heavy atom. The number of carbonyl (C=O) groups excluding carboxylic acids is 1. The minimum absolute atomic E-state index is 0.0880. The predicted molar refractivity (Wildman–Crippen MR) is 107 cm³/mol. The van der Waals surface area contributed by atoms with Gasteiger partial charge in [-0.2, -0.15) is 4.31 Å². The highest BCUT2D eigenvalue weighted by Crippen LogP contribution is 2.24. The highest BCUT2D eigenvalue weighted by molar-refractivity contribution is 7.89. The Morgan fingerprint density at radius 3 is 2.43 bits per heavy atom. The van der Waals surface area contributed by atoms with Crippen molar-refractivity contribution in [2.75, 3.05) is 25.0 Å². The van der Waals surface area contributed by atoms with Crippen LogP contribution in [0.4, 0.5) is 10.1 Å². The highest BCUT2D eigenvalue weighted by atomic mass is 32.2. The van der Waals surface area contributed by atoms with Crippen LogP contribution in [0, 0.1) is 19.7 Å². The van der Waals surface area contributed by atoms with Crippen molar-refractivity contribution in [3.63, 3.8) is 0 Å². The number of hydrogen-bond acceptors (Lipinski definition) is 4. The van der Waals surface area contributed by atoms with E-state index in [-0.39, 0.29) is 18.0 Å². The summed E-state index contributed by atoms with van der Waals surface area (Å²) in [6.07, 6.45) is 0. The first-order valence-electron chi connectivity index (χ1n) is 8.98. The third-order valence-electron chi connectivity index (χ3n) is 4.23. The zero-order chi connectivity index (χ0) is 20.9. The van der Waals surface area contributed by atoms with Gasteiger partial charge in [0, 0.05) is 12.2 Å². The van der Waals surface area contributed by atoms with Crippen molar-refractivity contribution in [3.05, 3.63) is 53.3 Å². The number of benzene rings is 2. The number of carbonyl (C=O) groups is 1. The number of ether oxygens (including phenoxy) is 1. The SMILES string of the molecule is CCOc1ccc(S(=O)(=O)N(CC)CC(=O)Nc2cc(F)ccc2C)cc1C. The maximum atomic E-state index is 13.4. The van der Waals surface area contributed by atoms with Gasteiger partial charge in [-0.3, -0.25) is 4.79 Å². The fraction of sp³-hybridized carbons (Fsp3) is 0.350. The van der Waals surface area contributed by atoms with Gasteiger partial charge in [0.15, 0.2) is 0 Å². The van der Waals surface area contributed by atoms with Crippen LogP contribution in [0.3, 0.4) is 0 Å². The van der Waals surface area contributed by atoms with E-state index >= 15 is 0 Å². The molecule has 0 unspecified atom stereocenters. The van der Waals surface area contributed by atoms with E-state index in [9.17, 15) is 17.6 Å². The third-order valence-corrected chi connectivity index (χ3v) is 6.15. The van der Waals surface area contributed by atoms with Crippen molar-refractivity contribution in [2.45, 2.75) is 32.6 Å². The van der Waals surface area contributed by atoms with E-state index in [1.807, 2.05) is 6.92 Å². The van der Waals surface area contributed by atoms with Crippen LogP contribution in [-0.2, 0) is 14.8 Å². The monoisotopic (exact) mass is 408 g/mol. The second kappa shape index (κ2) is 9.16. The highest BCUT2D eigenvalue weighted by Gasteiger charge is 2.26. The van der Waals surface area contributed by atoms with Crippen molar-refractivity contribution >= 4 is 21.6 Å². The topological polar surface area (TPSA) is 75.7 Å². The first-order valence-corrected chi connectivity index (χ1v) is 10.4. The third kappa shape index (κ3) is 5.08. The average Bonchev–Trinajstić information content (AvgIpc) is 2.64. The normalized spacial score (nSPS) is 11.5. The maximum Gasteiger partial charge on any atom is 0.243 e. The van der Waals surface area contributed by atoms with Crippen LogP contribution in [0.25, 0.3) is 0 Å². The number of anilines is 1. The largest absolute Gasteiger partial charge is 0.494 e. The van der Waals surface area contributed by atoms with Gasteiger partial charge in [-0.25, -0.2) is 12.8 Å². The molecule has 2 rings (SSSR count). The van der Waals surface area contributed by atoms with Gasteiger partial charge in [0.1, 0.15) is 11.6 Å². The molecule has 0 atom stereocenters. The summed E-state index contributed by atoms with van der Waals surface area (Å²) in [5.41, 5.74) is 1.69. The molecule has 1 amide bonds. The molecular weight excluding hydrogens is 383 g/mol. The maximum absolute atomic E-state index is 13.4. The number of nitrogens with one attached hydrogen (secondary N) is 1. The van der Waals surface area contributed by atoms with Gasteiger partial charge in [0.05, 0.1) is 18.0 Å². The summed E-state index contributed by atoms with van der Waals surface area (Å²) in [6.45, 7) is 7.21. The molecular formula is C20H25FN2O4S. The Balaban J connectivity index is 2.20. The molecule has 0 heterocycles. The van der Waals surface area contributed by atoms with E-state index < -0.39 is 21.7 Å². The van der Waals surface area contributed by atoms with E-state index in [0.29, 0.717) is 29.2 Å². The van der Waals surface area contributed by atoms with Crippen LogP contribution >= 0.6 is 0 Å². The smallest absolute Gasteiger partial charge is 0.243 e. The Morgan fingerprint density at radius 1 is 1.11 bits per heavy atom. The average molecular weight is 408 g/mol. The van der Waals surface area contributed by atoms with Gasteiger partial charge in [-0.15, -0.1) is 0 Å². The van der Waals surface area contributed by atoms with E-state index in [1.165, 1.54) is 24.3 Å². The van der Waals surface area contributed by atoms with E-state index in [0.717, 1.165) is 4.31 Å². The lowest BCUT2D eigenvalue weighted by atomic mass is 10.2. The number of nitrogens with zero attached hydrogens (tertiary/aromatic N) is 1. The molecule has 28 heavy (non-hydrogen) atoms. The number of aryl methyl sites for hydroxylation is 2. The molecule has 0 aromatic heterocycles. The minimum Gasteiger partial charge on any atom is -0.494 e. The molecule has 2 aromatic rings. The van der Waals surface area contributed by atoms with Crippen molar-refractivity contribution in [2.24, 2.45) is 0 Å². The molecule has 0 bridgehead atoms. The second-order valence-electron chi connectivity index (χ2n) is 6.30. The van der Waals surface area contributed by atoms with Crippen molar-refractivity contribution in [1.82, 2.24) is 4.31 Å². The van der Waals surface area contributed by atoms with Crippen LogP contribution in [0.1, 0.15) is 25.0 Å². The van der Waals surface area contributed by atoms with Gasteiger partial charge in [0.25, 0.3) is 0 Å². The summed E-state index contributed by atoms with van der Waals surface area (Å²) in [5, 5.41) is 2.57. The fourth-order valence-corrected chi connectivity index (χ4v) is 4.19. The Kier molecular flexibility index (Phi) is 7.15. The molecule has 0 radical (unpaired) electrons.